The van der Waals surface area contributed by atoms with Gasteiger partial charge in [-0.1, -0.05) is 0 Å². The van der Waals surface area contributed by atoms with E-state index in [9.17, 15) is 4.79 Å². The summed E-state index contributed by atoms with van der Waals surface area (Å²) >= 11 is 3.37. The van der Waals surface area contributed by atoms with Crippen LogP contribution in [0.3, 0.4) is 0 Å². The fourth-order valence-corrected chi connectivity index (χ4v) is 2.10. The van der Waals surface area contributed by atoms with Crippen LogP contribution in [0, 0.1) is 0 Å². The van der Waals surface area contributed by atoms with Gasteiger partial charge in [0, 0.05) is 18.9 Å². The lowest BCUT2D eigenvalue weighted by molar-refractivity contribution is 0.799. The maximum Gasteiger partial charge on any atom is 0.350 e. The van der Waals surface area contributed by atoms with E-state index in [-0.39, 0.29) is 5.69 Å². The Morgan fingerprint density at radius 1 is 1.24 bits per heavy atom. The predicted molar refractivity (Wildman–Crippen MR) is 81.8 cm³/mol. The molecule has 1 N–H and O–H groups in total. The third-order valence-corrected chi connectivity index (χ3v) is 3.45. The maximum absolute atomic E-state index is 11.8. The van der Waals surface area contributed by atoms with Crippen LogP contribution in [0.25, 0.3) is 5.69 Å². The zero-order chi connectivity index (χ0) is 14.8. The van der Waals surface area contributed by atoms with E-state index in [2.05, 4.69) is 36.3 Å². The Balaban J connectivity index is 1.86. The van der Waals surface area contributed by atoms with Crippen molar-refractivity contribution >= 4 is 27.4 Å². The zero-order valence-electron chi connectivity index (χ0n) is 11.1. The van der Waals surface area contributed by atoms with Gasteiger partial charge in [0.1, 0.15) is 18.5 Å². The van der Waals surface area contributed by atoms with Crippen LogP contribution >= 0.6 is 15.9 Å². The van der Waals surface area contributed by atoms with E-state index in [0.717, 1.165) is 10.2 Å². The molecule has 0 aliphatic rings. The number of anilines is 2. The predicted octanol–water partition coefficient (Wildman–Crippen LogP) is 1.87. The van der Waals surface area contributed by atoms with Crippen molar-refractivity contribution in [2.75, 3.05) is 5.32 Å². The van der Waals surface area contributed by atoms with Crippen molar-refractivity contribution in [2.45, 2.75) is 0 Å². The molecule has 0 fully saturated rings. The summed E-state index contributed by atoms with van der Waals surface area (Å²) in [4.78, 5) is 19.9. The molecule has 2 aromatic heterocycles. The molecule has 3 rings (SSSR count). The fraction of sp³-hybridized carbons (Fsp3) is 0.0769. The highest BCUT2D eigenvalue weighted by Gasteiger charge is 2.05. The van der Waals surface area contributed by atoms with Gasteiger partial charge in [-0.25, -0.2) is 14.8 Å². The Bertz CT molecular complexity index is 823. The van der Waals surface area contributed by atoms with Gasteiger partial charge >= 0.3 is 5.69 Å². The number of aryl methyl sites for hydroxylation is 1. The second kappa shape index (κ2) is 5.49. The zero-order valence-corrected chi connectivity index (χ0v) is 12.6. The molecule has 1 aromatic carbocycles. The number of nitrogens with one attached hydrogen (secondary N) is 1. The van der Waals surface area contributed by atoms with Gasteiger partial charge in [-0.05, 0) is 40.2 Å². The molecule has 0 saturated heterocycles. The van der Waals surface area contributed by atoms with Crippen molar-refractivity contribution in [3.8, 4) is 5.69 Å². The largest absolute Gasteiger partial charge is 0.350 e. The summed E-state index contributed by atoms with van der Waals surface area (Å²) in [5.41, 5.74) is 1.37. The minimum atomic E-state index is -0.186. The molecule has 0 radical (unpaired) electrons. The Labute approximate surface area is 128 Å². The molecule has 0 spiro atoms. The summed E-state index contributed by atoms with van der Waals surface area (Å²) in [6.07, 6.45) is 4.61. The van der Waals surface area contributed by atoms with Crippen LogP contribution in [0.1, 0.15) is 0 Å². The van der Waals surface area contributed by atoms with Gasteiger partial charge < -0.3 is 5.32 Å². The number of halogens is 1. The molecular weight excluding hydrogens is 336 g/mol. The minimum Gasteiger partial charge on any atom is -0.339 e. The van der Waals surface area contributed by atoms with Crippen molar-refractivity contribution < 1.29 is 0 Å². The highest BCUT2D eigenvalue weighted by atomic mass is 79.9. The summed E-state index contributed by atoms with van der Waals surface area (Å²) in [6.45, 7) is 0. The molecule has 0 atom stereocenters. The number of aromatic nitrogens is 5. The molecule has 0 amide bonds. The van der Waals surface area contributed by atoms with E-state index in [1.54, 1.807) is 13.2 Å². The van der Waals surface area contributed by atoms with Crippen LogP contribution in [-0.2, 0) is 7.05 Å². The molecule has 0 saturated carbocycles. The highest BCUT2D eigenvalue weighted by molar-refractivity contribution is 9.10. The Morgan fingerprint density at radius 3 is 2.62 bits per heavy atom. The first-order valence-corrected chi connectivity index (χ1v) is 6.88. The van der Waals surface area contributed by atoms with Crippen LogP contribution in [0.4, 0.5) is 11.5 Å². The minimum absolute atomic E-state index is 0.186. The van der Waals surface area contributed by atoms with Crippen LogP contribution in [-0.4, -0.2) is 24.3 Å². The normalized spacial score (nSPS) is 10.6. The summed E-state index contributed by atoms with van der Waals surface area (Å²) < 4.78 is 3.53. The van der Waals surface area contributed by atoms with Gasteiger partial charge in [-0.2, -0.15) is 9.78 Å². The Kier molecular flexibility index (Phi) is 3.53. The van der Waals surface area contributed by atoms with E-state index in [4.69, 9.17) is 0 Å². The van der Waals surface area contributed by atoms with Gasteiger partial charge in [-0.15, -0.1) is 0 Å². The lowest BCUT2D eigenvalue weighted by Gasteiger charge is -2.07. The average Bonchev–Trinajstić information content (AvgIpc) is 2.82. The lowest BCUT2D eigenvalue weighted by Crippen LogP contribution is -2.21. The second-order valence-electron chi connectivity index (χ2n) is 4.33. The van der Waals surface area contributed by atoms with Gasteiger partial charge in [0.2, 0.25) is 0 Å². The first-order valence-electron chi connectivity index (χ1n) is 6.09. The summed E-state index contributed by atoms with van der Waals surface area (Å²) in [5, 5.41) is 7.19. The SMILES string of the molecule is Cn1cnn(-c2ccc(Nc3ncncc3Br)cc2)c1=O. The van der Waals surface area contributed by atoms with E-state index in [1.165, 1.54) is 21.9 Å². The smallest absolute Gasteiger partial charge is 0.339 e. The number of nitrogens with zero attached hydrogens (tertiary/aromatic N) is 5. The highest BCUT2D eigenvalue weighted by Crippen LogP contribution is 2.22. The first-order chi connectivity index (χ1) is 10.1. The number of hydrogen-bond acceptors (Lipinski definition) is 5. The van der Waals surface area contributed by atoms with E-state index in [1.807, 2.05) is 24.3 Å². The van der Waals surface area contributed by atoms with Gasteiger partial charge in [-0.3, -0.25) is 4.57 Å². The lowest BCUT2D eigenvalue weighted by atomic mass is 10.3. The van der Waals surface area contributed by atoms with Gasteiger partial charge in [0.05, 0.1) is 10.2 Å². The molecule has 7 nitrogen and oxygen atoms in total. The van der Waals surface area contributed by atoms with Crippen LogP contribution < -0.4 is 11.0 Å². The molecule has 106 valence electrons. The van der Waals surface area contributed by atoms with E-state index < -0.39 is 0 Å². The van der Waals surface area contributed by atoms with E-state index >= 15 is 0 Å². The number of rotatable bonds is 3. The van der Waals surface area contributed by atoms with Crippen molar-refractivity contribution in [2.24, 2.45) is 7.05 Å². The molecule has 0 aliphatic heterocycles. The van der Waals surface area contributed by atoms with Crippen molar-refractivity contribution in [1.82, 2.24) is 24.3 Å². The van der Waals surface area contributed by atoms with Gasteiger partial charge in [0.15, 0.2) is 0 Å². The van der Waals surface area contributed by atoms with Crippen molar-refractivity contribution in [1.29, 1.82) is 0 Å². The molecule has 0 bridgehead atoms. The monoisotopic (exact) mass is 346 g/mol. The Morgan fingerprint density at radius 2 is 2.00 bits per heavy atom. The Hall–Kier alpha value is -2.48. The fourth-order valence-electron chi connectivity index (χ4n) is 1.78. The average molecular weight is 347 g/mol. The maximum atomic E-state index is 11.8. The molecule has 3 aromatic rings. The van der Waals surface area contributed by atoms with Crippen LogP contribution in [0.2, 0.25) is 0 Å². The molecule has 0 aliphatic carbocycles. The number of benzene rings is 1. The van der Waals surface area contributed by atoms with E-state index in [0.29, 0.717) is 11.5 Å². The van der Waals surface area contributed by atoms with Gasteiger partial charge in [0.25, 0.3) is 0 Å². The third-order valence-electron chi connectivity index (χ3n) is 2.87. The van der Waals surface area contributed by atoms with Crippen molar-refractivity contribution in [3.05, 3.63) is 58.1 Å². The number of hydrogen-bond donors (Lipinski definition) is 1. The molecule has 0 unspecified atom stereocenters. The summed E-state index contributed by atoms with van der Waals surface area (Å²) in [5.74, 6) is 0.674. The molecule has 8 heteroatoms. The van der Waals surface area contributed by atoms with Crippen LogP contribution in [0.15, 0.2) is 52.4 Å². The standard InChI is InChI=1S/C13H11BrN6O/c1-19-8-17-20(13(19)21)10-4-2-9(3-5-10)18-12-11(14)6-15-7-16-12/h2-8H,1H3,(H,15,16,18). The molecular formula is C13H11BrN6O. The first kappa shape index (κ1) is 13.5. The second-order valence-corrected chi connectivity index (χ2v) is 5.18. The third kappa shape index (κ3) is 2.70. The topological polar surface area (TPSA) is 77.6 Å². The summed E-state index contributed by atoms with van der Waals surface area (Å²) in [6, 6.07) is 7.33. The molecule has 21 heavy (non-hydrogen) atoms. The summed E-state index contributed by atoms with van der Waals surface area (Å²) in [7, 11) is 1.66. The van der Waals surface area contributed by atoms with Crippen molar-refractivity contribution in [3.63, 3.8) is 0 Å². The van der Waals surface area contributed by atoms with Crippen LogP contribution in [0.5, 0.6) is 0 Å². The molecule has 2 heterocycles. The quantitative estimate of drug-likeness (QED) is 0.783.